The quantitative estimate of drug-likeness (QED) is 0.689. The molecule has 0 saturated heterocycles. The lowest BCUT2D eigenvalue weighted by molar-refractivity contribution is -0.0673. The van der Waals surface area contributed by atoms with Crippen LogP contribution in [0.1, 0.15) is 44.1 Å². The summed E-state index contributed by atoms with van der Waals surface area (Å²) in [5.74, 6) is 0.0991. The molecule has 1 aliphatic rings. The van der Waals surface area contributed by atoms with E-state index in [1.807, 2.05) is 30.3 Å². The lowest BCUT2D eigenvalue weighted by Gasteiger charge is -2.40. The zero-order valence-corrected chi connectivity index (χ0v) is 14.0. The van der Waals surface area contributed by atoms with E-state index in [1.165, 1.54) is 0 Å². The molecule has 23 heavy (non-hydrogen) atoms. The van der Waals surface area contributed by atoms with Crippen LogP contribution in [0, 0.1) is 0 Å². The lowest BCUT2D eigenvalue weighted by atomic mass is 9.80. The van der Waals surface area contributed by atoms with E-state index in [-0.39, 0.29) is 17.6 Å². The average Bonchev–Trinajstić information content (AvgIpc) is 2.51. The van der Waals surface area contributed by atoms with Crippen molar-refractivity contribution < 1.29 is 14.6 Å². The average molecular weight is 320 g/mol. The van der Waals surface area contributed by atoms with Crippen LogP contribution < -0.4 is 10.6 Å². The van der Waals surface area contributed by atoms with E-state index >= 15 is 0 Å². The molecule has 2 rings (SSSR count). The molecule has 0 radical (unpaired) electrons. The molecule has 3 N–H and O–H groups in total. The predicted octanol–water partition coefficient (Wildman–Crippen LogP) is 2.41. The van der Waals surface area contributed by atoms with Crippen molar-refractivity contribution in [1.82, 2.24) is 10.6 Å². The number of carbonyl (C=O) groups is 1. The van der Waals surface area contributed by atoms with Gasteiger partial charge in [0.2, 0.25) is 0 Å². The number of aliphatic hydroxyl groups excluding tert-OH is 1. The highest BCUT2D eigenvalue weighted by molar-refractivity contribution is 5.74. The van der Waals surface area contributed by atoms with Gasteiger partial charge in [0.05, 0.1) is 11.7 Å². The second-order valence-electron chi connectivity index (χ2n) is 6.50. The molecule has 0 aromatic heterocycles. The molecule has 1 aliphatic carbocycles. The Hall–Kier alpha value is -1.59. The van der Waals surface area contributed by atoms with Crippen molar-refractivity contribution in [2.24, 2.45) is 0 Å². The van der Waals surface area contributed by atoms with Crippen LogP contribution in [0.5, 0.6) is 0 Å². The fourth-order valence-electron chi connectivity index (χ4n) is 3.02. The first kappa shape index (κ1) is 17.8. The van der Waals surface area contributed by atoms with Crippen LogP contribution in [0.25, 0.3) is 0 Å². The monoisotopic (exact) mass is 320 g/mol. The molecule has 2 amide bonds. The molecule has 5 nitrogen and oxygen atoms in total. The van der Waals surface area contributed by atoms with Gasteiger partial charge in [-0.05, 0) is 38.2 Å². The summed E-state index contributed by atoms with van der Waals surface area (Å²) in [5.41, 5.74) is 0.955. The Balaban J connectivity index is 1.82. The number of rotatable bonds is 8. The smallest absolute Gasteiger partial charge is 0.314 e. The third-order valence-electron chi connectivity index (χ3n) is 4.67. The molecule has 2 atom stereocenters. The molecule has 1 aromatic rings. The summed E-state index contributed by atoms with van der Waals surface area (Å²) in [6.07, 6.45) is 3.36. The molecule has 0 aliphatic heterocycles. The number of ether oxygens (including phenoxy) is 1. The van der Waals surface area contributed by atoms with Crippen LogP contribution in [0.3, 0.4) is 0 Å². The molecule has 1 saturated carbocycles. The van der Waals surface area contributed by atoms with Crippen LogP contribution in [0.15, 0.2) is 30.3 Å². The highest BCUT2D eigenvalue weighted by Gasteiger charge is 2.37. The van der Waals surface area contributed by atoms with Gasteiger partial charge >= 0.3 is 6.03 Å². The van der Waals surface area contributed by atoms with E-state index in [1.54, 1.807) is 14.0 Å². The Bertz CT molecular complexity index is 481. The highest BCUT2D eigenvalue weighted by atomic mass is 16.5. The Kier molecular flexibility index (Phi) is 6.42. The van der Waals surface area contributed by atoms with Crippen molar-refractivity contribution in [2.45, 2.75) is 50.2 Å². The number of hydrogen-bond donors (Lipinski definition) is 3. The molecule has 0 bridgehead atoms. The normalized spacial score (nSPS) is 18.6. The highest BCUT2D eigenvalue weighted by Crippen LogP contribution is 2.34. The Morgan fingerprint density at radius 2 is 2.00 bits per heavy atom. The molecule has 5 heteroatoms. The molecular formula is C18H28N2O3. The third-order valence-corrected chi connectivity index (χ3v) is 4.67. The van der Waals surface area contributed by atoms with E-state index in [9.17, 15) is 9.90 Å². The first-order valence-electron chi connectivity index (χ1n) is 8.34. The standard InChI is InChI=1S/C18H28N2O3/c1-14(21)11-16(15-7-4-3-5-8-15)12-19-17(22)20-13-18(23-2)9-6-10-18/h3-5,7-8,14,16,21H,6,9-13H2,1-2H3,(H2,19,20,22). The number of urea groups is 1. The summed E-state index contributed by atoms with van der Waals surface area (Å²) in [6, 6.07) is 9.79. The molecule has 128 valence electrons. The van der Waals surface area contributed by atoms with E-state index in [2.05, 4.69) is 10.6 Å². The zero-order valence-electron chi connectivity index (χ0n) is 14.0. The van der Waals surface area contributed by atoms with Crippen LogP contribution in [0.2, 0.25) is 0 Å². The Labute approximate surface area is 138 Å². The zero-order chi connectivity index (χ0) is 16.7. The maximum Gasteiger partial charge on any atom is 0.314 e. The van der Waals surface area contributed by atoms with E-state index in [0.717, 1.165) is 24.8 Å². The number of aliphatic hydroxyl groups is 1. The van der Waals surface area contributed by atoms with Crippen molar-refractivity contribution in [3.05, 3.63) is 35.9 Å². The van der Waals surface area contributed by atoms with Gasteiger partial charge in [-0.25, -0.2) is 4.79 Å². The van der Waals surface area contributed by atoms with Gasteiger partial charge < -0.3 is 20.5 Å². The summed E-state index contributed by atoms with van der Waals surface area (Å²) < 4.78 is 5.50. The molecular weight excluding hydrogens is 292 g/mol. The number of hydrogen-bond acceptors (Lipinski definition) is 3. The maximum atomic E-state index is 12.0. The first-order chi connectivity index (χ1) is 11.0. The summed E-state index contributed by atoms with van der Waals surface area (Å²) in [7, 11) is 1.70. The molecule has 1 aromatic carbocycles. The van der Waals surface area contributed by atoms with Crippen molar-refractivity contribution in [2.75, 3.05) is 20.2 Å². The number of carbonyl (C=O) groups excluding carboxylic acids is 1. The largest absolute Gasteiger partial charge is 0.393 e. The van der Waals surface area contributed by atoms with Crippen LogP contribution in [-0.2, 0) is 4.74 Å². The fourth-order valence-corrected chi connectivity index (χ4v) is 3.02. The van der Waals surface area contributed by atoms with Gasteiger partial charge in [-0.3, -0.25) is 0 Å². The van der Waals surface area contributed by atoms with Gasteiger partial charge in [0.25, 0.3) is 0 Å². The first-order valence-corrected chi connectivity index (χ1v) is 8.34. The van der Waals surface area contributed by atoms with Gasteiger partial charge in [-0.15, -0.1) is 0 Å². The van der Waals surface area contributed by atoms with E-state index in [0.29, 0.717) is 19.5 Å². The maximum absolute atomic E-state index is 12.0. The van der Waals surface area contributed by atoms with E-state index < -0.39 is 6.10 Å². The van der Waals surface area contributed by atoms with Crippen molar-refractivity contribution in [3.63, 3.8) is 0 Å². The van der Waals surface area contributed by atoms with Crippen molar-refractivity contribution in [1.29, 1.82) is 0 Å². The number of methoxy groups -OCH3 is 1. The summed E-state index contributed by atoms with van der Waals surface area (Å²) in [5, 5.41) is 15.5. The topological polar surface area (TPSA) is 70.6 Å². The van der Waals surface area contributed by atoms with E-state index in [4.69, 9.17) is 4.74 Å². The van der Waals surface area contributed by atoms with Gasteiger partial charge in [-0.1, -0.05) is 30.3 Å². The second kappa shape index (κ2) is 8.31. The Morgan fingerprint density at radius 3 is 2.52 bits per heavy atom. The van der Waals surface area contributed by atoms with Crippen molar-refractivity contribution in [3.8, 4) is 0 Å². The molecule has 2 unspecified atom stereocenters. The van der Waals surface area contributed by atoms with Gasteiger partial charge in [0.1, 0.15) is 0 Å². The minimum Gasteiger partial charge on any atom is -0.393 e. The summed E-state index contributed by atoms with van der Waals surface area (Å²) in [4.78, 5) is 12.0. The van der Waals surface area contributed by atoms with Crippen LogP contribution in [0.4, 0.5) is 4.79 Å². The molecule has 0 heterocycles. The summed E-state index contributed by atoms with van der Waals surface area (Å²) >= 11 is 0. The van der Waals surface area contributed by atoms with Gasteiger partial charge in [-0.2, -0.15) is 0 Å². The third kappa shape index (κ3) is 5.22. The fraction of sp³-hybridized carbons (Fsp3) is 0.611. The summed E-state index contributed by atoms with van der Waals surface area (Å²) in [6.45, 7) is 2.82. The molecule has 0 spiro atoms. The lowest BCUT2D eigenvalue weighted by Crippen LogP contribution is -2.51. The second-order valence-corrected chi connectivity index (χ2v) is 6.50. The number of nitrogens with one attached hydrogen (secondary N) is 2. The number of amides is 2. The van der Waals surface area contributed by atoms with Gasteiger partial charge in [0, 0.05) is 26.1 Å². The minimum absolute atomic E-state index is 0.0991. The predicted molar refractivity (Wildman–Crippen MR) is 90.5 cm³/mol. The number of benzene rings is 1. The van der Waals surface area contributed by atoms with Crippen LogP contribution >= 0.6 is 0 Å². The van der Waals surface area contributed by atoms with Crippen molar-refractivity contribution >= 4 is 6.03 Å². The van der Waals surface area contributed by atoms with Gasteiger partial charge in [0.15, 0.2) is 0 Å². The SMILES string of the molecule is COC1(CNC(=O)NCC(CC(C)O)c2ccccc2)CCC1. The minimum atomic E-state index is -0.406. The molecule has 1 fully saturated rings. The Morgan fingerprint density at radius 1 is 1.30 bits per heavy atom. The van der Waals surface area contributed by atoms with Crippen LogP contribution in [-0.4, -0.2) is 43.0 Å².